The molecule has 0 spiro atoms. The third-order valence-electron chi connectivity index (χ3n) is 5.66. The number of H-pyrrole nitrogens is 1. The molecule has 1 aliphatic rings. The molecule has 3 aromatic rings. The van der Waals surface area contributed by atoms with E-state index in [1.54, 1.807) is 32.2 Å². The molecule has 170 valence electrons. The lowest BCUT2D eigenvalue weighted by Crippen LogP contribution is -2.55. The Morgan fingerprint density at radius 2 is 2.06 bits per heavy atom. The van der Waals surface area contributed by atoms with Crippen molar-refractivity contribution < 1.29 is 9.59 Å². The summed E-state index contributed by atoms with van der Waals surface area (Å²) in [5.74, 6) is -0.922. The lowest BCUT2D eigenvalue weighted by atomic mass is 10.0. The predicted molar refractivity (Wildman–Crippen MR) is 123 cm³/mol. The SMILES string of the molecule is CNc1cc(C#N)ccc1C(=N)c1cnc2[nH]cc(C(=O)NC(C)C(=O)N3CC(C#N)C3)c2n1. The summed E-state index contributed by atoms with van der Waals surface area (Å²) in [6.07, 6.45) is 2.89. The Morgan fingerprint density at radius 3 is 2.74 bits per heavy atom. The van der Waals surface area contributed by atoms with Gasteiger partial charge in [0.25, 0.3) is 5.91 Å². The summed E-state index contributed by atoms with van der Waals surface area (Å²) < 4.78 is 0. The number of carbonyl (C=O) groups excluding carboxylic acids is 2. The smallest absolute Gasteiger partial charge is 0.255 e. The number of aromatic amines is 1. The monoisotopic (exact) mass is 455 g/mol. The van der Waals surface area contributed by atoms with Crippen LogP contribution in [-0.2, 0) is 4.79 Å². The Labute approximate surface area is 194 Å². The second-order valence-electron chi connectivity index (χ2n) is 7.92. The van der Waals surface area contributed by atoms with Crippen LogP contribution in [0.5, 0.6) is 0 Å². The predicted octanol–water partition coefficient (Wildman–Crippen LogP) is 1.39. The molecule has 1 saturated heterocycles. The Hall–Kier alpha value is -4.77. The summed E-state index contributed by atoms with van der Waals surface area (Å²) >= 11 is 0. The van der Waals surface area contributed by atoms with Crippen LogP contribution < -0.4 is 10.6 Å². The second-order valence-corrected chi connectivity index (χ2v) is 7.92. The molecular formula is C23H21N9O2. The minimum Gasteiger partial charge on any atom is -0.388 e. The van der Waals surface area contributed by atoms with Crippen LogP contribution in [0.15, 0.2) is 30.6 Å². The van der Waals surface area contributed by atoms with E-state index in [-0.39, 0.29) is 34.3 Å². The van der Waals surface area contributed by atoms with Gasteiger partial charge in [0, 0.05) is 37.6 Å². The molecule has 1 atom stereocenters. The van der Waals surface area contributed by atoms with E-state index >= 15 is 0 Å². The zero-order valence-corrected chi connectivity index (χ0v) is 18.5. The minimum absolute atomic E-state index is 0.0733. The van der Waals surface area contributed by atoms with E-state index in [1.165, 1.54) is 17.3 Å². The average Bonchev–Trinajstić information content (AvgIpc) is 3.25. The van der Waals surface area contributed by atoms with E-state index in [0.717, 1.165) is 0 Å². The van der Waals surface area contributed by atoms with Gasteiger partial charge < -0.3 is 20.5 Å². The van der Waals surface area contributed by atoms with Crippen molar-refractivity contribution in [3.63, 3.8) is 0 Å². The van der Waals surface area contributed by atoms with Crippen LogP contribution >= 0.6 is 0 Å². The summed E-state index contributed by atoms with van der Waals surface area (Å²) in [5.41, 5.74) is 2.73. The van der Waals surface area contributed by atoms with Gasteiger partial charge in [-0.15, -0.1) is 0 Å². The van der Waals surface area contributed by atoms with Gasteiger partial charge in [0.05, 0.1) is 41.1 Å². The lowest BCUT2D eigenvalue weighted by molar-refractivity contribution is -0.137. The number of nitriles is 2. The molecule has 2 amide bonds. The average molecular weight is 455 g/mol. The minimum atomic E-state index is -0.775. The molecule has 0 bridgehead atoms. The molecule has 1 unspecified atom stereocenters. The first kappa shape index (κ1) is 22.4. The number of likely N-dealkylation sites (tertiary alicyclic amines) is 1. The van der Waals surface area contributed by atoms with Crippen LogP contribution in [0.25, 0.3) is 11.2 Å². The Bertz CT molecular complexity index is 1390. The number of anilines is 1. The van der Waals surface area contributed by atoms with Crippen molar-refractivity contribution >= 4 is 34.4 Å². The van der Waals surface area contributed by atoms with Crippen LogP contribution in [0.2, 0.25) is 0 Å². The molecule has 1 aromatic carbocycles. The number of nitrogens with one attached hydrogen (secondary N) is 4. The molecule has 1 fully saturated rings. The quantitative estimate of drug-likeness (QED) is 0.406. The van der Waals surface area contributed by atoms with E-state index in [1.807, 2.05) is 0 Å². The van der Waals surface area contributed by atoms with Crippen molar-refractivity contribution in [1.29, 1.82) is 15.9 Å². The Kier molecular flexibility index (Phi) is 5.94. The van der Waals surface area contributed by atoms with E-state index in [9.17, 15) is 9.59 Å². The fourth-order valence-electron chi connectivity index (χ4n) is 3.71. The van der Waals surface area contributed by atoms with Gasteiger partial charge in [-0.1, -0.05) is 0 Å². The first-order chi connectivity index (χ1) is 16.4. The molecule has 0 aliphatic carbocycles. The zero-order valence-electron chi connectivity index (χ0n) is 18.5. The largest absolute Gasteiger partial charge is 0.388 e. The summed E-state index contributed by atoms with van der Waals surface area (Å²) in [6, 6.07) is 8.31. The van der Waals surface area contributed by atoms with Crippen LogP contribution in [0.4, 0.5) is 5.69 Å². The van der Waals surface area contributed by atoms with Gasteiger partial charge in [0.1, 0.15) is 17.3 Å². The van der Waals surface area contributed by atoms with E-state index in [0.29, 0.717) is 35.6 Å². The number of carbonyl (C=O) groups is 2. The van der Waals surface area contributed by atoms with Crippen molar-refractivity contribution in [1.82, 2.24) is 25.2 Å². The Morgan fingerprint density at radius 1 is 1.29 bits per heavy atom. The maximum absolute atomic E-state index is 12.9. The highest BCUT2D eigenvalue weighted by molar-refractivity contribution is 6.14. The molecule has 0 radical (unpaired) electrons. The summed E-state index contributed by atoms with van der Waals surface area (Å²) in [4.78, 5) is 38.6. The van der Waals surface area contributed by atoms with Gasteiger partial charge in [-0.3, -0.25) is 15.0 Å². The van der Waals surface area contributed by atoms with Crippen LogP contribution in [0.3, 0.4) is 0 Å². The number of hydrogen-bond acceptors (Lipinski definition) is 8. The van der Waals surface area contributed by atoms with Crippen molar-refractivity contribution in [3.8, 4) is 12.1 Å². The number of aromatic nitrogens is 3. The third-order valence-corrected chi connectivity index (χ3v) is 5.66. The molecule has 3 heterocycles. The summed E-state index contributed by atoms with van der Waals surface area (Å²) in [5, 5.41) is 32.3. The highest BCUT2D eigenvalue weighted by atomic mass is 16.2. The fraction of sp³-hybridized carbons (Fsp3) is 0.261. The van der Waals surface area contributed by atoms with Crippen LogP contribution in [-0.4, -0.2) is 63.6 Å². The van der Waals surface area contributed by atoms with Gasteiger partial charge in [0.15, 0.2) is 5.65 Å². The van der Waals surface area contributed by atoms with E-state index in [4.69, 9.17) is 15.9 Å². The van der Waals surface area contributed by atoms with Gasteiger partial charge in [0.2, 0.25) is 5.91 Å². The normalized spacial score (nSPS) is 13.9. The number of rotatable bonds is 6. The fourth-order valence-corrected chi connectivity index (χ4v) is 3.71. The van der Waals surface area contributed by atoms with Crippen LogP contribution in [0, 0.1) is 34.0 Å². The first-order valence-corrected chi connectivity index (χ1v) is 10.5. The molecule has 1 aliphatic heterocycles. The maximum atomic E-state index is 12.9. The molecular weight excluding hydrogens is 434 g/mol. The number of hydrogen-bond donors (Lipinski definition) is 4. The topological polar surface area (TPSA) is 174 Å². The Balaban J connectivity index is 1.56. The highest BCUT2D eigenvalue weighted by Gasteiger charge is 2.33. The highest BCUT2D eigenvalue weighted by Crippen LogP contribution is 2.22. The number of fused-ring (bicyclic) bond motifs is 1. The van der Waals surface area contributed by atoms with E-state index < -0.39 is 11.9 Å². The number of benzene rings is 1. The summed E-state index contributed by atoms with van der Waals surface area (Å²) in [7, 11) is 1.69. The third kappa shape index (κ3) is 4.02. The van der Waals surface area contributed by atoms with Gasteiger partial charge >= 0.3 is 0 Å². The lowest BCUT2D eigenvalue weighted by Gasteiger charge is -2.37. The first-order valence-electron chi connectivity index (χ1n) is 10.5. The van der Waals surface area contributed by atoms with Gasteiger partial charge in [-0.2, -0.15) is 10.5 Å². The molecule has 11 nitrogen and oxygen atoms in total. The second kappa shape index (κ2) is 9.00. The molecule has 2 aromatic heterocycles. The van der Waals surface area contributed by atoms with Gasteiger partial charge in [-0.05, 0) is 25.1 Å². The van der Waals surface area contributed by atoms with E-state index in [2.05, 4.69) is 37.7 Å². The zero-order chi connectivity index (χ0) is 24.4. The molecule has 11 heteroatoms. The maximum Gasteiger partial charge on any atom is 0.255 e. The summed E-state index contributed by atoms with van der Waals surface area (Å²) in [6.45, 7) is 2.32. The van der Waals surface area contributed by atoms with Crippen molar-refractivity contribution in [3.05, 3.63) is 53.0 Å². The molecule has 4 N–H and O–H groups in total. The number of amides is 2. The standard InChI is InChI=1S/C23H21N9O2/c1-12(23(34)32-10-14(7-25)11-32)30-22(33)16-8-28-21-20(16)31-18(9-29-21)19(26)15-4-3-13(6-24)5-17(15)27-2/h3-5,8-9,12,14,26-27H,10-11H2,1-2H3,(H,28,29)(H,30,33). The molecule has 0 saturated carbocycles. The van der Waals surface area contributed by atoms with Crippen molar-refractivity contribution in [2.45, 2.75) is 13.0 Å². The molecule has 4 rings (SSSR count). The van der Waals surface area contributed by atoms with Gasteiger partial charge in [-0.25, -0.2) is 9.97 Å². The van der Waals surface area contributed by atoms with Crippen molar-refractivity contribution in [2.24, 2.45) is 5.92 Å². The van der Waals surface area contributed by atoms with Crippen LogP contribution in [0.1, 0.15) is 34.1 Å². The number of nitrogens with zero attached hydrogens (tertiary/aromatic N) is 5. The van der Waals surface area contributed by atoms with Crippen molar-refractivity contribution in [2.75, 3.05) is 25.5 Å². The molecule has 34 heavy (non-hydrogen) atoms.